The number of amides is 2. The van der Waals surface area contributed by atoms with Crippen molar-refractivity contribution < 1.29 is 19.5 Å². The Bertz CT molecular complexity index is 1120. The number of carbonyl (C=O) groups excluding carboxylic acids is 2. The second kappa shape index (κ2) is 13.1. The predicted octanol–water partition coefficient (Wildman–Crippen LogP) is 2.74. The number of piperidine rings is 1. The largest absolute Gasteiger partial charge is 0.481 e. The summed E-state index contributed by atoms with van der Waals surface area (Å²) in [5.41, 5.74) is 2.88. The second-order valence-electron chi connectivity index (χ2n) is 10.1. The second-order valence-corrected chi connectivity index (χ2v) is 10.1. The molecule has 0 aliphatic carbocycles. The van der Waals surface area contributed by atoms with Crippen LogP contribution in [0.2, 0.25) is 0 Å². The molecule has 2 aromatic carbocycles. The molecule has 0 aromatic heterocycles. The van der Waals surface area contributed by atoms with Crippen LogP contribution in [0.15, 0.2) is 54.6 Å². The molecule has 9 heteroatoms. The molecule has 0 radical (unpaired) electrons. The van der Waals surface area contributed by atoms with Crippen LogP contribution >= 0.6 is 0 Å². The van der Waals surface area contributed by atoms with Crippen LogP contribution < -0.4 is 10.2 Å². The van der Waals surface area contributed by atoms with Gasteiger partial charge in [-0.2, -0.15) is 0 Å². The van der Waals surface area contributed by atoms with Gasteiger partial charge in [-0.25, -0.2) is 0 Å². The Labute approximate surface area is 223 Å². The third kappa shape index (κ3) is 7.57. The zero-order chi connectivity index (χ0) is 26.9. The van der Waals surface area contributed by atoms with Crippen molar-refractivity contribution in [2.75, 3.05) is 44.2 Å². The number of rotatable bonds is 10. The fourth-order valence-electron chi connectivity index (χ4n) is 5.09. The topological polar surface area (TPSA) is 117 Å². The van der Waals surface area contributed by atoms with Crippen molar-refractivity contribution in [3.63, 3.8) is 0 Å². The van der Waals surface area contributed by atoms with Gasteiger partial charge in [-0.05, 0) is 61.9 Å². The van der Waals surface area contributed by atoms with E-state index in [1.54, 1.807) is 0 Å². The number of carboxylic acid groups (broad SMARTS) is 1. The van der Waals surface area contributed by atoms with Crippen LogP contribution in [0.5, 0.6) is 0 Å². The standard InChI is InChI=1S/C29H37N5O4/c30-29(32-15-5-2-6-16-32)23-10-13-25(14-11-23)33-17-18-34(27(36)21-33)20-26(35)31-24(19-28(37)38)12-9-22-7-3-1-4-8-22/h1,3-4,7-8,10-11,13-14,24,30H,2,5-6,9,12,15-21H2,(H,31,35)(H,37,38). The smallest absolute Gasteiger partial charge is 0.305 e. The Kier molecular flexibility index (Phi) is 9.35. The Balaban J connectivity index is 1.26. The molecule has 2 heterocycles. The summed E-state index contributed by atoms with van der Waals surface area (Å²) in [5, 5.41) is 20.6. The van der Waals surface area contributed by atoms with Crippen molar-refractivity contribution in [3.8, 4) is 0 Å². The van der Waals surface area contributed by atoms with E-state index in [0.717, 1.165) is 42.7 Å². The van der Waals surface area contributed by atoms with Crippen molar-refractivity contribution in [2.24, 2.45) is 0 Å². The number of carbonyl (C=O) groups is 3. The molecule has 0 saturated carbocycles. The number of hydrogen-bond acceptors (Lipinski definition) is 5. The minimum Gasteiger partial charge on any atom is -0.481 e. The number of hydrogen-bond donors (Lipinski definition) is 3. The van der Waals surface area contributed by atoms with Crippen LogP contribution in [0.25, 0.3) is 0 Å². The molecule has 1 unspecified atom stereocenters. The molecule has 38 heavy (non-hydrogen) atoms. The van der Waals surface area contributed by atoms with Crippen LogP contribution in [-0.4, -0.2) is 83.8 Å². The highest BCUT2D eigenvalue weighted by Gasteiger charge is 2.27. The zero-order valence-corrected chi connectivity index (χ0v) is 21.8. The van der Waals surface area contributed by atoms with Gasteiger partial charge in [0.25, 0.3) is 0 Å². The number of piperazine rings is 1. The van der Waals surface area contributed by atoms with Crippen LogP contribution in [0, 0.1) is 5.41 Å². The molecule has 2 aliphatic rings. The highest BCUT2D eigenvalue weighted by atomic mass is 16.4. The lowest BCUT2D eigenvalue weighted by molar-refractivity contribution is -0.139. The lowest BCUT2D eigenvalue weighted by Crippen LogP contribution is -2.54. The molecule has 0 bridgehead atoms. The summed E-state index contributed by atoms with van der Waals surface area (Å²) in [7, 11) is 0. The number of aryl methyl sites for hydroxylation is 1. The Morgan fingerprint density at radius 1 is 0.947 bits per heavy atom. The van der Waals surface area contributed by atoms with Crippen molar-refractivity contribution >= 4 is 29.3 Å². The van der Waals surface area contributed by atoms with E-state index >= 15 is 0 Å². The summed E-state index contributed by atoms with van der Waals surface area (Å²) in [6.07, 6.45) is 4.48. The third-order valence-electron chi connectivity index (χ3n) is 7.24. The molecule has 1 atom stereocenters. The molecular weight excluding hydrogens is 482 g/mol. The van der Waals surface area contributed by atoms with E-state index < -0.39 is 12.0 Å². The normalized spacial score (nSPS) is 16.7. The first-order chi connectivity index (χ1) is 18.4. The monoisotopic (exact) mass is 519 g/mol. The molecule has 2 aromatic rings. The summed E-state index contributed by atoms with van der Waals surface area (Å²) >= 11 is 0. The average molecular weight is 520 g/mol. The first-order valence-electron chi connectivity index (χ1n) is 13.4. The minimum absolute atomic E-state index is 0.0833. The van der Waals surface area contributed by atoms with Crippen molar-refractivity contribution in [1.29, 1.82) is 5.41 Å². The maximum atomic E-state index is 12.8. The van der Waals surface area contributed by atoms with Gasteiger partial charge in [-0.15, -0.1) is 0 Å². The van der Waals surface area contributed by atoms with Gasteiger partial charge in [0.05, 0.1) is 19.5 Å². The first-order valence-corrected chi connectivity index (χ1v) is 13.4. The Morgan fingerprint density at radius 3 is 2.32 bits per heavy atom. The van der Waals surface area contributed by atoms with E-state index in [-0.39, 0.29) is 31.3 Å². The number of amidine groups is 1. The number of likely N-dealkylation sites (tertiary alicyclic amines) is 1. The zero-order valence-electron chi connectivity index (χ0n) is 21.8. The first kappa shape index (κ1) is 27.2. The Hall–Kier alpha value is -3.88. The maximum Gasteiger partial charge on any atom is 0.305 e. The van der Waals surface area contributed by atoms with E-state index in [1.807, 2.05) is 59.5 Å². The van der Waals surface area contributed by atoms with Crippen molar-refractivity contribution in [1.82, 2.24) is 15.1 Å². The molecule has 4 rings (SSSR count). The van der Waals surface area contributed by atoms with Gasteiger partial charge in [-0.3, -0.25) is 19.8 Å². The van der Waals surface area contributed by atoms with Gasteiger partial charge in [0.2, 0.25) is 11.8 Å². The van der Waals surface area contributed by atoms with E-state index in [1.165, 1.54) is 11.3 Å². The number of benzene rings is 2. The molecule has 2 saturated heterocycles. The van der Waals surface area contributed by atoms with Crippen LogP contribution in [0.3, 0.4) is 0 Å². The summed E-state index contributed by atoms with van der Waals surface area (Å²) in [6, 6.07) is 17.0. The quantitative estimate of drug-likeness (QED) is 0.328. The maximum absolute atomic E-state index is 12.8. The molecule has 202 valence electrons. The van der Waals surface area contributed by atoms with E-state index in [2.05, 4.69) is 10.2 Å². The van der Waals surface area contributed by atoms with E-state index in [9.17, 15) is 19.5 Å². The van der Waals surface area contributed by atoms with E-state index in [0.29, 0.717) is 31.8 Å². The van der Waals surface area contributed by atoms with Crippen LogP contribution in [0.4, 0.5) is 5.69 Å². The fraction of sp³-hybridized carbons (Fsp3) is 0.448. The van der Waals surface area contributed by atoms with Gasteiger partial charge in [-0.1, -0.05) is 30.3 Å². The molecule has 2 amide bonds. The molecular formula is C29H37N5O4. The number of nitrogens with zero attached hydrogens (tertiary/aromatic N) is 3. The van der Waals surface area contributed by atoms with E-state index in [4.69, 9.17) is 5.41 Å². The molecule has 9 nitrogen and oxygen atoms in total. The fourth-order valence-corrected chi connectivity index (χ4v) is 5.09. The van der Waals surface area contributed by atoms with Gasteiger partial charge < -0.3 is 25.1 Å². The van der Waals surface area contributed by atoms with Gasteiger partial charge in [0.1, 0.15) is 5.84 Å². The van der Waals surface area contributed by atoms with Crippen molar-refractivity contribution in [3.05, 3.63) is 65.7 Å². The number of carboxylic acids is 1. The molecule has 3 N–H and O–H groups in total. The highest BCUT2D eigenvalue weighted by Crippen LogP contribution is 2.20. The Morgan fingerprint density at radius 2 is 1.66 bits per heavy atom. The summed E-state index contributed by atoms with van der Waals surface area (Å²) in [6.45, 7) is 2.94. The minimum atomic E-state index is -0.967. The number of nitrogens with one attached hydrogen (secondary N) is 2. The summed E-state index contributed by atoms with van der Waals surface area (Å²) in [5.74, 6) is -0.902. The lowest BCUT2D eigenvalue weighted by Gasteiger charge is -2.35. The average Bonchev–Trinajstić information content (AvgIpc) is 2.93. The lowest BCUT2D eigenvalue weighted by atomic mass is 10.0. The number of anilines is 1. The molecule has 0 spiro atoms. The predicted molar refractivity (Wildman–Crippen MR) is 146 cm³/mol. The van der Waals surface area contributed by atoms with Gasteiger partial charge in [0.15, 0.2) is 0 Å². The van der Waals surface area contributed by atoms with Gasteiger partial charge in [0, 0.05) is 43.5 Å². The van der Waals surface area contributed by atoms with Crippen LogP contribution in [0.1, 0.15) is 43.2 Å². The number of aliphatic carboxylic acids is 1. The SMILES string of the molecule is N=C(c1ccc(N2CCN(CC(=O)NC(CCc3ccccc3)CC(=O)O)C(=O)C2)cc1)N1CCCCC1. The van der Waals surface area contributed by atoms with Crippen molar-refractivity contribution in [2.45, 2.75) is 44.6 Å². The summed E-state index contributed by atoms with van der Waals surface area (Å²) in [4.78, 5) is 42.5. The van der Waals surface area contributed by atoms with Gasteiger partial charge >= 0.3 is 5.97 Å². The third-order valence-corrected chi connectivity index (χ3v) is 7.24. The molecule has 2 aliphatic heterocycles. The highest BCUT2D eigenvalue weighted by molar-refractivity contribution is 5.97. The van der Waals surface area contributed by atoms with Crippen LogP contribution in [-0.2, 0) is 20.8 Å². The molecule has 2 fully saturated rings. The summed E-state index contributed by atoms with van der Waals surface area (Å²) < 4.78 is 0.